The van der Waals surface area contributed by atoms with Gasteiger partial charge in [0.25, 0.3) is 0 Å². The molecule has 2 aromatic heterocycles. The average molecular weight is 404 g/mol. The van der Waals surface area contributed by atoms with E-state index in [1.54, 1.807) is 12.4 Å². The number of allylic oxidation sites excluding steroid dienone is 1. The first kappa shape index (κ1) is 20.5. The Morgan fingerprint density at radius 2 is 2.04 bits per heavy atom. The van der Waals surface area contributed by atoms with E-state index in [0.29, 0.717) is 24.0 Å². The van der Waals surface area contributed by atoms with Gasteiger partial charge in [0, 0.05) is 30.1 Å². The van der Waals surface area contributed by atoms with Crippen LogP contribution in [-0.2, 0) is 6.54 Å². The largest absolute Gasteiger partial charge is 0.492 e. The van der Waals surface area contributed by atoms with Gasteiger partial charge in [-0.15, -0.1) is 24.8 Å². The first-order valence-electron chi connectivity index (χ1n) is 7.98. The van der Waals surface area contributed by atoms with Crippen molar-refractivity contribution in [2.24, 2.45) is 4.99 Å². The van der Waals surface area contributed by atoms with Gasteiger partial charge in [-0.05, 0) is 30.7 Å². The molecule has 27 heavy (non-hydrogen) atoms. The molecule has 0 amide bonds. The van der Waals surface area contributed by atoms with E-state index in [2.05, 4.69) is 44.3 Å². The lowest BCUT2D eigenvalue weighted by Crippen LogP contribution is -2.01. The number of H-pyrrole nitrogens is 1. The summed E-state index contributed by atoms with van der Waals surface area (Å²) in [6, 6.07) is 12.0. The molecule has 0 spiro atoms. The number of nitrogens with zero attached hydrogens (tertiary/aromatic N) is 3. The van der Waals surface area contributed by atoms with Crippen molar-refractivity contribution in [3.05, 3.63) is 65.0 Å². The number of aromatic nitrogens is 3. The third kappa shape index (κ3) is 4.48. The van der Waals surface area contributed by atoms with Gasteiger partial charge < -0.3 is 15.4 Å². The van der Waals surface area contributed by atoms with Gasteiger partial charge in [0.1, 0.15) is 5.69 Å². The molecule has 3 N–H and O–H groups in total. The lowest BCUT2D eigenvalue weighted by Gasteiger charge is -2.03. The molecule has 140 valence electrons. The molecule has 8 heteroatoms. The van der Waals surface area contributed by atoms with Crippen LogP contribution in [0.15, 0.2) is 47.6 Å². The SMILES string of the molecule is Cc1cccc(CNc2nc(O)c(C=C3C=Nc4ncccc43)[nH]2)c1.Cl.Cl. The van der Waals surface area contributed by atoms with E-state index < -0.39 is 0 Å². The van der Waals surface area contributed by atoms with Crippen LogP contribution in [0.4, 0.5) is 11.8 Å². The smallest absolute Gasteiger partial charge is 0.238 e. The molecule has 0 saturated carbocycles. The normalized spacial score (nSPS) is 13.0. The Kier molecular flexibility index (Phi) is 6.60. The third-order valence-corrected chi connectivity index (χ3v) is 3.98. The maximum Gasteiger partial charge on any atom is 0.238 e. The summed E-state index contributed by atoms with van der Waals surface area (Å²) in [4.78, 5) is 15.7. The molecule has 0 aliphatic carbocycles. The summed E-state index contributed by atoms with van der Waals surface area (Å²) in [5, 5.41) is 13.3. The number of aliphatic imine (C=N–C) groups is 1. The summed E-state index contributed by atoms with van der Waals surface area (Å²) in [5.74, 6) is 1.16. The molecule has 3 heterocycles. The zero-order valence-corrected chi connectivity index (χ0v) is 16.1. The Bertz CT molecular complexity index is 997. The van der Waals surface area contributed by atoms with Crippen molar-refractivity contribution in [1.29, 1.82) is 0 Å². The van der Waals surface area contributed by atoms with Crippen LogP contribution in [-0.4, -0.2) is 26.3 Å². The second-order valence-electron chi connectivity index (χ2n) is 5.90. The van der Waals surface area contributed by atoms with Crippen LogP contribution in [0, 0.1) is 6.92 Å². The van der Waals surface area contributed by atoms with Gasteiger partial charge in [0.2, 0.25) is 11.8 Å². The average Bonchev–Trinajstić information content (AvgIpc) is 3.18. The van der Waals surface area contributed by atoms with Gasteiger partial charge in [-0.25, -0.2) is 9.98 Å². The molecular formula is C19H19Cl2N5O. The summed E-state index contributed by atoms with van der Waals surface area (Å²) >= 11 is 0. The highest BCUT2D eigenvalue weighted by Crippen LogP contribution is 2.31. The number of hydrogen-bond acceptors (Lipinski definition) is 5. The van der Waals surface area contributed by atoms with Crippen molar-refractivity contribution < 1.29 is 5.11 Å². The molecule has 0 fully saturated rings. The van der Waals surface area contributed by atoms with E-state index in [1.165, 1.54) is 5.56 Å². The predicted octanol–water partition coefficient (Wildman–Crippen LogP) is 4.53. The lowest BCUT2D eigenvalue weighted by atomic mass is 10.1. The summed E-state index contributed by atoms with van der Waals surface area (Å²) in [6.45, 7) is 2.68. The van der Waals surface area contributed by atoms with Crippen molar-refractivity contribution >= 4 is 54.4 Å². The van der Waals surface area contributed by atoms with Crippen LogP contribution in [0.1, 0.15) is 22.4 Å². The van der Waals surface area contributed by atoms with Crippen LogP contribution in [0.2, 0.25) is 0 Å². The van der Waals surface area contributed by atoms with Crippen LogP contribution < -0.4 is 5.32 Å². The lowest BCUT2D eigenvalue weighted by molar-refractivity contribution is 0.455. The topological polar surface area (TPSA) is 86.2 Å². The molecule has 6 nitrogen and oxygen atoms in total. The Labute approximate surface area is 169 Å². The molecule has 1 aliphatic rings. The summed E-state index contributed by atoms with van der Waals surface area (Å²) in [7, 11) is 0. The van der Waals surface area contributed by atoms with Gasteiger partial charge in [-0.3, -0.25) is 0 Å². The number of benzene rings is 1. The minimum atomic E-state index is -0.0509. The predicted molar refractivity (Wildman–Crippen MR) is 114 cm³/mol. The first-order chi connectivity index (χ1) is 12.2. The second-order valence-corrected chi connectivity index (χ2v) is 5.90. The van der Waals surface area contributed by atoms with E-state index in [0.717, 1.165) is 16.7 Å². The van der Waals surface area contributed by atoms with Crippen LogP contribution in [0.3, 0.4) is 0 Å². The van der Waals surface area contributed by atoms with Gasteiger partial charge in [0.15, 0.2) is 5.82 Å². The molecule has 4 rings (SSSR count). The maximum atomic E-state index is 10.1. The van der Waals surface area contributed by atoms with E-state index in [4.69, 9.17) is 0 Å². The van der Waals surface area contributed by atoms with Gasteiger partial charge in [-0.1, -0.05) is 29.8 Å². The molecule has 0 radical (unpaired) electrons. The van der Waals surface area contributed by atoms with E-state index >= 15 is 0 Å². The zero-order chi connectivity index (χ0) is 17.2. The number of halogens is 2. The fraction of sp³-hybridized carbons (Fsp3) is 0.105. The Hall–Kier alpha value is -2.83. The highest BCUT2D eigenvalue weighted by molar-refractivity contribution is 6.20. The molecule has 0 bridgehead atoms. The monoisotopic (exact) mass is 403 g/mol. The van der Waals surface area contributed by atoms with Gasteiger partial charge >= 0.3 is 0 Å². The number of rotatable bonds is 4. The standard InChI is InChI=1S/C19H17N5O.2ClH/c1-12-4-2-5-13(8-12)10-22-19-23-16(18(25)24-19)9-14-11-21-17-15(14)6-3-7-20-17;;/h2-9,11,25H,10H2,1H3,(H2,22,23,24);2*1H. The van der Waals surface area contributed by atoms with Crippen molar-refractivity contribution in [3.8, 4) is 5.88 Å². The van der Waals surface area contributed by atoms with Crippen molar-refractivity contribution in [1.82, 2.24) is 15.0 Å². The number of anilines is 1. The molecule has 3 aromatic rings. The minimum Gasteiger partial charge on any atom is -0.492 e. The molecule has 0 saturated heterocycles. The number of aromatic hydroxyl groups is 1. The molecular weight excluding hydrogens is 385 g/mol. The third-order valence-electron chi connectivity index (χ3n) is 3.98. The number of nitrogens with one attached hydrogen (secondary N) is 2. The molecule has 0 unspecified atom stereocenters. The highest BCUT2D eigenvalue weighted by Gasteiger charge is 2.14. The molecule has 0 atom stereocenters. The van der Waals surface area contributed by atoms with Gasteiger partial charge in [-0.2, -0.15) is 4.98 Å². The summed E-state index contributed by atoms with van der Waals surface area (Å²) in [6.07, 6.45) is 5.26. The number of pyridine rings is 1. The number of aryl methyl sites for hydroxylation is 1. The van der Waals surface area contributed by atoms with Gasteiger partial charge in [0.05, 0.1) is 0 Å². The van der Waals surface area contributed by atoms with Crippen LogP contribution in [0.25, 0.3) is 11.6 Å². The number of imidazole rings is 1. The maximum absolute atomic E-state index is 10.1. The minimum absolute atomic E-state index is 0. The van der Waals surface area contributed by atoms with Crippen LogP contribution in [0.5, 0.6) is 5.88 Å². The number of aromatic amines is 1. The number of fused-ring (bicyclic) bond motifs is 1. The summed E-state index contributed by atoms with van der Waals surface area (Å²) in [5.41, 5.74) is 4.71. The van der Waals surface area contributed by atoms with Crippen molar-refractivity contribution in [2.45, 2.75) is 13.5 Å². The molecule has 1 aliphatic heterocycles. The van der Waals surface area contributed by atoms with E-state index in [1.807, 2.05) is 30.3 Å². The van der Waals surface area contributed by atoms with Crippen LogP contribution >= 0.6 is 24.8 Å². The fourth-order valence-corrected chi connectivity index (χ4v) is 2.77. The second kappa shape index (κ2) is 8.70. The van der Waals surface area contributed by atoms with E-state index in [9.17, 15) is 5.11 Å². The molecule has 1 aromatic carbocycles. The first-order valence-corrected chi connectivity index (χ1v) is 7.98. The fourth-order valence-electron chi connectivity index (χ4n) is 2.77. The Morgan fingerprint density at radius 1 is 1.19 bits per heavy atom. The van der Waals surface area contributed by atoms with Crippen molar-refractivity contribution in [3.63, 3.8) is 0 Å². The zero-order valence-electron chi connectivity index (χ0n) is 14.5. The number of hydrogen-bond donors (Lipinski definition) is 3. The van der Waals surface area contributed by atoms with E-state index in [-0.39, 0.29) is 30.7 Å². The Morgan fingerprint density at radius 3 is 2.85 bits per heavy atom. The highest BCUT2D eigenvalue weighted by atomic mass is 35.5. The quantitative estimate of drug-likeness (QED) is 0.596. The Balaban J connectivity index is 0.00000131. The van der Waals surface area contributed by atoms with Crippen molar-refractivity contribution in [2.75, 3.05) is 5.32 Å². The summed E-state index contributed by atoms with van der Waals surface area (Å²) < 4.78 is 0.